The van der Waals surface area contributed by atoms with Gasteiger partial charge >= 0.3 is 0 Å². The van der Waals surface area contributed by atoms with Crippen LogP contribution in [0, 0.1) is 37.1 Å². The third-order valence-corrected chi connectivity index (χ3v) is 5.39. The van der Waals surface area contributed by atoms with E-state index >= 15 is 0 Å². The second-order valence-electron chi connectivity index (χ2n) is 7.02. The van der Waals surface area contributed by atoms with Crippen LogP contribution in [0.2, 0.25) is 5.02 Å². The summed E-state index contributed by atoms with van der Waals surface area (Å²) in [6.45, 7) is 3.63. The zero-order valence-electron chi connectivity index (χ0n) is 15.3. The minimum Gasteiger partial charge on any atom is -0.299 e. The van der Waals surface area contributed by atoms with Crippen LogP contribution >= 0.6 is 11.6 Å². The third-order valence-electron chi connectivity index (χ3n) is 5.09. The van der Waals surface area contributed by atoms with E-state index in [-0.39, 0.29) is 16.1 Å². The lowest BCUT2D eigenvalue weighted by atomic mass is 9.86. The number of benzene rings is 2. The lowest BCUT2D eigenvalue weighted by molar-refractivity contribution is 0.547. The average Bonchev–Trinajstić information content (AvgIpc) is 3.26. The van der Waals surface area contributed by atoms with Crippen LogP contribution in [0.3, 0.4) is 0 Å². The number of hydrogen-bond donors (Lipinski definition) is 1. The molecule has 0 spiro atoms. The normalized spacial score (nSPS) is 18.6. The number of nitrogens with zero attached hydrogens (tertiary/aromatic N) is 2. The SMILES string of the molecule is Cc1cc(F)cc(F)c1C1(c2c(-c3c(F)cc(F)cc3Cl)c(C)nn2C)CN1. The van der Waals surface area contributed by atoms with Crippen molar-refractivity contribution in [2.24, 2.45) is 7.05 Å². The molecule has 1 aromatic heterocycles. The van der Waals surface area contributed by atoms with Crippen molar-refractivity contribution in [1.82, 2.24) is 15.1 Å². The largest absolute Gasteiger partial charge is 0.299 e. The molecule has 28 heavy (non-hydrogen) atoms. The highest BCUT2D eigenvalue weighted by atomic mass is 35.5. The molecular weight excluding hydrogens is 394 g/mol. The van der Waals surface area contributed by atoms with Crippen LogP contribution in [0.5, 0.6) is 0 Å². The van der Waals surface area contributed by atoms with Crippen LogP contribution in [0.25, 0.3) is 11.1 Å². The number of aromatic nitrogens is 2. The van der Waals surface area contributed by atoms with Crippen molar-refractivity contribution in [3.05, 3.63) is 75.1 Å². The molecule has 3 nitrogen and oxygen atoms in total. The van der Waals surface area contributed by atoms with Gasteiger partial charge in [-0.1, -0.05) is 11.6 Å². The summed E-state index contributed by atoms with van der Waals surface area (Å²) in [7, 11) is 1.65. The molecule has 2 aromatic carbocycles. The van der Waals surface area contributed by atoms with Crippen molar-refractivity contribution < 1.29 is 17.6 Å². The summed E-state index contributed by atoms with van der Waals surface area (Å²) in [6, 6.07) is 3.83. The summed E-state index contributed by atoms with van der Waals surface area (Å²) in [5.74, 6) is -3.02. The number of aryl methyl sites for hydroxylation is 3. The highest BCUT2D eigenvalue weighted by Crippen LogP contribution is 2.47. The van der Waals surface area contributed by atoms with E-state index in [2.05, 4.69) is 10.4 Å². The summed E-state index contributed by atoms with van der Waals surface area (Å²) in [6.07, 6.45) is 0. The van der Waals surface area contributed by atoms with Gasteiger partial charge in [0.05, 0.1) is 16.4 Å². The van der Waals surface area contributed by atoms with E-state index in [0.717, 1.165) is 18.2 Å². The Kier molecular flexibility index (Phi) is 4.28. The lowest BCUT2D eigenvalue weighted by Gasteiger charge is -2.21. The summed E-state index contributed by atoms with van der Waals surface area (Å²) < 4.78 is 58.1. The molecular formula is C20H16ClF4N3. The van der Waals surface area contributed by atoms with Gasteiger partial charge in [0.25, 0.3) is 0 Å². The molecule has 1 atom stereocenters. The molecule has 1 aliphatic heterocycles. The van der Waals surface area contributed by atoms with E-state index in [1.807, 2.05) is 0 Å². The highest BCUT2D eigenvalue weighted by molar-refractivity contribution is 6.33. The van der Waals surface area contributed by atoms with Crippen LogP contribution in [0.15, 0.2) is 24.3 Å². The van der Waals surface area contributed by atoms with E-state index in [1.54, 1.807) is 20.9 Å². The molecule has 2 heterocycles. The fourth-order valence-corrected chi connectivity index (χ4v) is 4.31. The Morgan fingerprint density at radius 2 is 1.61 bits per heavy atom. The molecule has 1 fully saturated rings. The molecule has 0 bridgehead atoms. The van der Waals surface area contributed by atoms with Gasteiger partial charge in [0.1, 0.15) is 28.8 Å². The fourth-order valence-electron chi connectivity index (χ4n) is 4.02. The topological polar surface area (TPSA) is 39.8 Å². The van der Waals surface area contributed by atoms with Gasteiger partial charge in [0.2, 0.25) is 0 Å². The maximum Gasteiger partial charge on any atom is 0.135 e. The molecule has 0 amide bonds. The smallest absolute Gasteiger partial charge is 0.135 e. The molecule has 0 aliphatic carbocycles. The summed E-state index contributed by atoms with van der Waals surface area (Å²) >= 11 is 6.16. The first-order chi connectivity index (χ1) is 13.2. The molecule has 4 rings (SSSR count). The first kappa shape index (κ1) is 19.0. The van der Waals surface area contributed by atoms with Gasteiger partial charge in [-0.2, -0.15) is 5.10 Å². The average molecular weight is 410 g/mol. The van der Waals surface area contributed by atoms with E-state index in [0.29, 0.717) is 29.1 Å². The van der Waals surface area contributed by atoms with Gasteiger partial charge in [-0.3, -0.25) is 10.00 Å². The van der Waals surface area contributed by atoms with E-state index in [4.69, 9.17) is 11.6 Å². The van der Waals surface area contributed by atoms with Gasteiger partial charge in [-0.05, 0) is 31.5 Å². The molecule has 0 radical (unpaired) electrons. The van der Waals surface area contributed by atoms with Crippen LogP contribution in [-0.2, 0) is 12.6 Å². The Labute approximate surface area is 163 Å². The number of halogens is 5. The van der Waals surface area contributed by atoms with Gasteiger partial charge in [0.15, 0.2) is 0 Å². The van der Waals surface area contributed by atoms with Crippen molar-refractivity contribution in [1.29, 1.82) is 0 Å². The third kappa shape index (κ3) is 2.72. The van der Waals surface area contributed by atoms with Crippen LogP contribution < -0.4 is 5.32 Å². The van der Waals surface area contributed by atoms with Crippen molar-refractivity contribution in [3.63, 3.8) is 0 Å². The van der Waals surface area contributed by atoms with Crippen molar-refractivity contribution >= 4 is 11.6 Å². The Morgan fingerprint density at radius 3 is 2.18 bits per heavy atom. The first-order valence-electron chi connectivity index (χ1n) is 8.56. The monoisotopic (exact) mass is 409 g/mol. The summed E-state index contributed by atoms with van der Waals surface area (Å²) in [4.78, 5) is 0. The Bertz CT molecular complexity index is 1070. The second kappa shape index (κ2) is 6.32. The Hall–Kier alpha value is -2.38. The minimum atomic E-state index is -1.02. The van der Waals surface area contributed by atoms with Gasteiger partial charge in [-0.25, -0.2) is 17.6 Å². The molecule has 1 unspecified atom stereocenters. The van der Waals surface area contributed by atoms with Gasteiger partial charge in [0, 0.05) is 42.4 Å². The van der Waals surface area contributed by atoms with E-state index in [9.17, 15) is 17.6 Å². The van der Waals surface area contributed by atoms with Crippen molar-refractivity contribution in [2.45, 2.75) is 19.4 Å². The molecule has 146 valence electrons. The van der Waals surface area contributed by atoms with Crippen LogP contribution in [-0.4, -0.2) is 16.3 Å². The van der Waals surface area contributed by atoms with Gasteiger partial charge < -0.3 is 0 Å². The zero-order chi connectivity index (χ0) is 20.4. The number of nitrogens with one attached hydrogen (secondary N) is 1. The summed E-state index contributed by atoms with van der Waals surface area (Å²) in [5.41, 5.74) is 0.950. The second-order valence-corrected chi connectivity index (χ2v) is 7.42. The Morgan fingerprint density at radius 1 is 1.00 bits per heavy atom. The van der Waals surface area contributed by atoms with E-state index < -0.39 is 28.8 Å². The minimum absolute atomic E-state index is 0.00286. The van der Waals surface area contributed by atoms with Crippen molar-refractivity contribution in [3.8, 4) is 11.1 Å². The standard InChI is InChI=1S/C20H16ClF4N3/c1-9-4-11(22)7-15(25)18(9)20(8-26-20)19-16(10(2)27-28(19)3)17-13(21)5-12(23)6-14(17)24/h4-7,26H,8H2,1-3H3. The molecule has 1 saturated heterocycles. The maximum absolute atomic E-state index is 14.8. The number of hydrogen-bond acceptors (Lipinski definition) is 2. The molecule has 1 aliphatic rings. The van der Waals surface area contributed by atoms with Crippen LogP contribution in [0.4, 0.5) is 17.6 Å². The van der Waals surface area contributed by atoms with E-state index in [1.165, 1.54) is 10.7 Å². The predicted octanol–water partition coefficient (Wildman–Crippen LogP) is 4.76. The Balaban J connectivity index is 2.02. The highest BCUT2D eigenvalue weighted by Gasteiger charge is 2.52. The van der Waals surface area contributed by atoms with Crippen LogP contribution in [0.1, 0.15) is 22.5 Å². The number of rotatable bonds is 3. The lowest BCUT2D eigenvalue weighted by Crippen LogP contribution is -2.23. The molecule has 1 N–H and O–H groups in total. The zero-order valence-corrected chi connectivity index (χ0v) is 16.1. The predicted molar refractivity (Wildman–Crippen MR) is 98.2 cm³/mol. The summed E-state index contributed by atoms with van der Waals surface area (Å²) in [5, 5.41) is 7.39. The molecule has 0 saturated carbocycles. The first-order valence-corrected chi connectivity index (χ1v) is 8.93. The van der Waals surface area contributed by atoms with Gasteiger partial charge in [-0.15, -0.1) is 0 Å². The maximum atomic E-state index is 14.8. The quantitative estimate of drug-likeness (QED) is 0.500. The molecule has 3 aromatic rings. The molecule has 8 heteroatoms. The fraction of sp³-hybridized carbons (Fsp3) is 0.250. The van der Waals surface area contributed by atoms with Crippen molar-refractivity contribution in [2.75, 3.05) is 6.54 Å².